The molecule has 2 aromatic heterocycles. The Morgan fingerprint density at radius 2 is 1.11 bits per heavy atom. The fourth-order valence-electron chi connectivity index (χ4n) is 5.13. The Labute approximate surface area is 229 Å². The molecule has 0 N–H and O–H groups in total. The Hall–Kier alpha value is -4.54. The van der Waals surface area contributed by atoms with Gasteiger partial charge in [-0.2, -0.15) is 0 Å². The van der Waals surface area contributed by atoms with Gasteiger partial charge >= 0.3 is 0 Å². The van der Waals surface area contributed by atoms with Crippen LogP contribution in [0.5, 0.6) is 0 Å². The number of para-hydroxylation sites is 1. The first-order chi connectivity index (χ1) is 18.8. The number of aromatic nitrogens is 3. The molecule has 0 aliphatic heterocycles. The number of halogens is 1. The molecule has 0 aliphatic carbocycles. The first-order valence-corrected chi connectivity index (χ1v) is 13.3. The van der Waals surface area contributed by atoms with Gasteiger partial charge in [-0.3, -0.25) is 0 Å². The molecule has 0 spiro atoms. The van der Waals surface area contributed by atoms with E-state index in [1.165, 1.54) is 16.3 Å². The fourth-order valence-corrected chi connectivity index (χ4v) is 5.70. The number of benzene rings is 5. The maximum atomic E-state index is 5.03. The minimum Gasteiger partial charge on any atom is -0.309 e. The summed E-state index contributed by atoms with van der Waals surface area (Å²) >= 11 is 3.79. The van der Waals surface area contributed by atoms with Gasteiger partial charge < -0.3 is 4.57 Å². The average Bonchev–Trinajstić information content (AvgIpc) is 3.33. The van der Waals surface area contributed by atoms with E-state index in [1.807, 2.05) is 36.4 Å². The average molecular weight is 552 g/mol. The van der Waals surface area contributed by atoms with Crippen molar-refractivity contribution >= 4 is 37.7 Å². The second-order valence-corrected chi connectivity index (χ2v) is 10.1. The fraction of sp³-hybridized carbons (Fsp3) is 0. The minimum atomic E-state index is 0.716. The Kier molecular flexibility index (Phi) is 5.60. The van der Waals surface area contributed by atoms with Crippen molar-refractivity contribution in [3.63, 3.8) is 0 Å². The molecular formula is C34H22BrN3. The Bertz CT molecular complexity index is 1870. The molecule has 0 fully saturated rings. The summed E-state index contributed by atoms with van der Waals surface area (Å²) in [5.74, 6) is 0.716. The van der Waals surface area contributed by atoms with Gasteiger partial charge in [0.05, 0.1) is 22.4 Å². The van der Waals surface area contributed by atoms with Crippen molar-refractivity contribution in [1.29, 1.82) is 0 Å². The third-order valence-electron chi connectivity index (χ3n) is 6.87. The van der Waals surface area contributed by atoms with Gasteiger partial charge in [0, 0.05) is 37.6 Å². The summed E-state index contributed by atoms with van der Waals surface area (Å²) < 4.78 is 3.42. The molecule has 5 aromatic carbocycles. The van der Waals surface area contributed by atoms with Gasteiger partial charge in [-0.15, -0.1) is 0 Å². The van der Waals surface area contributed by atoms with E-state index in [2.05, 4.69) is 118 Å². The topological polar surface area (TPSA) is 30.7 Å². The molecule has 4 heteroatoms. The van der Waals surface area contributed by atoms with Crippen LogP contribution in [-0.4, -0.2) is 14.5 Å². The summed E-state index contributed by atoms with van der Waals surface area (Å²) in [5.41, 5.74) is 8.32. The quantitative estimate of drug-likeness (QED) is 0.218. The normalized spacial score (nSPS) is 11.3. The van der Waals surface area contributed by atoms with E-state index in [1.54, 1.807) is 0 Å². The van der Waals surface area contributed by atoms with Gasteiger partial charge in [-0.25, -0.2) is 9.97 Å². The molecule has 0 aliphatic rings. The van der Waals surface area contributed by atoms with Crippen LogP contribution in [0.2, 0.25) is 0 Å². The van der Waals surface area contributed by atoms with E-state index in [4.69, 9.17) is 9.97 Å². The first-order valence-electron chi connectivity index (χ1n) is 12.5. The molecule has 0 saturated carbocycles. The lowest BCUT2D eigenvalue weighted by Crippen LogP contribution is -1.97. The van der Waals surface area contributed by atoms with Crippen molar-refractivity contribution < 1.29 is 0 Å². The van der Waals surface area contributed by atoms with Crippen LogP contribution in [0, 0.1) is 0 Å². The van der Waals surface area contributed by atoms with Crippen molar-refractivity contribution in [3.8, 4) is 39.6 Å². The summed E-state index contributed by atoms with van der Waals surface area (Å²) in [4.78, 5) is 9.97. The third kappa shape index (κ3) is 3.90. The van der Waals surface area contributed by atoms with E-state index in [-0.39, 0.29) is 0 Å². The smallest absolute Gasteiger partial charge is 0.160 e. The van der Waals surface area contributed by atoms with Crippen LogP contribution in [0.4, 0.5) is 0 Å². The van der Waals surface area contributed by atoms with Crippen LogP contribution in [0.25, 0.3) is 61.4 Å². The molecule has 0 radical (unpaired) electrons. The van der Waals surface area contributed by atoms with Crippen LogP contribution < -0.4 is 0 Å². The van der Waals surface area contributed by atoms with Crippen molar-refractivity contribution in [1.82, 2.24) is 14.5 Å². The second-order valence-electron chi connectivity index (χ2n) is 9.23. The summed E-state index contributed by atoms with van der Waals surface area (Å²) in [6.07, 6.45) is 0. The van der Waals surface area contributed by atoms with E-state index in [0.717, 1.165) is 43.8 Å². The molecule has 3 nitrogen and oxygen atoms in total. The van der Waals surface area contributed by atoms with Gasteiger partial charge in [0.15, 0.2) is 5.82 Å². The molecule has 7 rings (SSSR count). The zero-order valence-corrected chi connectivity index (χ0v) is 22.0. The predicted octanol–water partition coefficient (Wildman–Crippen LogP) is 9.34. The number of hydrogen-bond acceptors (Lipinski definition) is 2. The minimum absolute atomic E-state index is 0.716. The maximum Gasteiger partial charge on any atom is 0.160 e. The number of rotatable bonds is 4. The first kappa shape index (κ1) is 22.6. The highest BCUT2D eigenvalue weighted by molar-refractivity contribution is 9.10. The van der Waals surface area contributed by atoms with Crippen LogP contribution in [0.1, 0.15) is 0 Å². The molecule has 0 atom stereocenters. The van der Waals surface area contributed by atoms with E-state index >= 15 is 0 Å². The van der Waals surface area contributed by atoms with E-state index in [9.17, 15) is 0 Å². The van der Waals surface area contributed by atoms with Gasteiger partial charge in [0.25, 0.3) is 0 Å². The summed E-state index contributed by atoms with van der Waals surface area (Å²) in [6, 6.07) is 46.1. The second kappa shape index (κ2) is 9.40. The molecule has 7 aromatic rings. The zero-order valence-electron chi connectivity index (χ0n) is 20.4. The number of hydrogen-bond donors (Lipinski definition) is 0. The van der Waals surface area contributed by atoms with Crippen LogP contribution in [-0.2, 0) is 0 Å². The van der Waals surface area contributed by atoms with Gasteiger partial charge in [-0.05, 0) is 36.4 Å². The van der Waals surface area contributed by atoms with Crippen molar-refractivity contribution in [2.45, 2.75) is 0 Å². The molecule has 0 bridgehead atoms. The number of nitrogens with zero attached hydrogens (tertiary/aromatic N) is 3. The molecule has 2 heterocycles. The van der Waals surface area contributed by atoms with Crippen LogP contribution in [0.15, 0.2) is 138 Å². The SMILES string of the molecule is Brc1cccc2c1c1ccccc1n2-c1cccc(-c2cc(-c3ccccc3)nc(-c3ccccc3)n2)c1. The maximum absolute atomic E-state index is 5.03. The van der Waals surface area contributed by atoms with Crippen molar-refractivity contribution in [2.75, 3.05) is 0 Å². The monoisotopic (exact) mass is 551 g/mol. The largest absolute Gasteiger partial charge is 0.309 e. The predicted molar refractivity (Wildman–Crippen MR) is 160 cm³/mol. The third-order valence-corrected chi connectivity index (χ3v) is 7.54. The Balaban J connectivity index is 1.44. The lowest BCUT2D eigenvalue weighted by atomic mass is 10.1. The van der Waals surface area contributed by atoms with Crippen molar-refractivity contribution in [2.24, 2.45) is 0 Å². The highest BCUT2D eigenvalue weighted by Gasteiger charge is 2.15. The molecule has 38 heavy (non-hydrogen) atoms. The van der Waals surface area contributed by atoms with Crippen molar-refractivity contribution in [3.05, 3.63) is 138 Å². The summed E-state index contributed by atoms with van der Waals surface area (Å²) in [5, 5.41) is 2.44. The lowest BCUT2D eigenvalue weighted by Gasteiger charge is -2.12. The van der Waals surface area contributed by atoms with Crippen LogP contribution in [0.3, 0.4) is 0 Å². The lowest BCUT2D eigenvalue weighted by molar-refractivity contribution is 1.16. The van der Waals surface area contributed by atoms with Gasteiger partial charge in [-0.1, -0.05) is 113 Å². The van der Waals surface area contributed by atoms with Gasteiger partial charge in [0.1, 0.15) is 0 Å². The molecule has 0 unspecified atom stereocenters. The summed E-state index contributed by atoms with van der Waals surface area (Å²) in [6.45, 7) is 0. The molecule has 0 amide bonds. The molecule has 180 valence electrons. The summed E-state index contributed by atoms with van der Waals surface area (Å²) in [7, 11) is 0. The van der Waals surface area contributed by atoms with Crippen LogP contribution >= 0.6 is 15.9 Å². The standard InChI is InChI=1S/C34H22BrN3/c35-28-18-10-20-32-33(28)27-17-7-8-19-31(27)38(32)26-16-9-15-25(21-26)30-22-29(23-11-3-1-4-12-23)36-34(37-30)24-13-5-2-6-14-24/h1-22H. The highest BCUT2D eigenvalue weighted by Crippen LogP contribution is 2.37. The number of fused-ring (bicyclic) bond motifs is 3. The zero-order chi connectivity index (χ0) is 25.5. The van der Waals surface area contributed by atoms with E-state index in [0.29, 0.717) is 5.82 Å². The molecular weight excluding hydrogens is 530 g/mol. The Morgan fingerprint density at radius 1 is 0.500 bits per heavy atom. The molecule has 0 saturated heterocycles. The van der Waals surface area contributed by atoms with E-state index < -0.39 is 0 Å². The Morgan fingerprint density at radius 3 is 1.89 bits per heavy atom. The van der Waals surface area contributed by atoms with Gasteiger partial charge in [0.2, 0.25) is 0 Å². The highest BCUT2D eigenvalue weighted by atomic mass is 79.9.